The van der Waals surface area contributed by atoms with Gasteiger partial charge in [0, 0.05) is 13.2 Å². The summed E-state index contributed by atoms with van der Waals surface area (Å²) in [6.07, 6.45) is -1.33. The average molecular weight is 286 g/mol. The van der Waals surface area contributed by atoms with E-state index >= 15 is 0 Å². The Hall–Kier alpha value is -2.32. The van der Waals surface area contributed by atoms with Gasteiger partial charge in [-0.2, -0.15) is 23.3 Å². The lowest BCUT2D eigenvalue weighted by molar-refractivity contribution is -0.115. The molecule has 0 saturated heterocycles. The third kappa shape index (κ3) is 3.59. The van der Waals surface area contributed by atoms with Gasteiger partial charge in [0.25, 0.3) is 0 Å². The lowest BCUT2D eigenvalue weighted by atomic mass is 10.4. The molecule has 20 heavy (non-hydrogen) atoms. The van der Waals surface area contributed by atoms with Gasteiger partial charge in [-0.25, -0.2) is 4.98 Å². The molecule has 0 atom stereocenters. The Morgan fingerprint density at radius 1 is 1.35 bits per heavy atom. The molecule has 0 saturated carbocycles. The van der Waals surface area contributed by atoms with Crippen molar-refractivity contribution >= 4 is 17.5 Å². The van der Waals surface area contributed by atoms with Gasteiger partial charge in [-0.15, -0.1) is 0 Å². The smallest absolute Gasteiger partial charge is 0.361 e. The first-order valence-electron chi connectivity index (χ1n) is 5.74. The van der Waals surface area contributed by atoms with Crippen LogP contribution in [0.25, 0.3) is 0 Å². The summed E-state index contributed by atoms with van der Waals surface area (Å²) in [5.74, 6) is 0.301. The minimum Gasteiger partial charge on any atom is -0.361 e. The van der Waals surface area contributed by atoms with Gasteiger partial charge in [0.1, 0.15) is 12.4 Å². The molecule has 2 heterocycles. The van der Waals surface area contributed by atoms with Crippen LogP contribution in [0.1, 0.15) is 5.69 Å². The molecule has 0 amide bonds. The highest BCUT2D eigenvalue weighted by atomic mass is 19.4. The molecule has 2 aromatic heterocycles. The van der Waals surface area contributed by atoms with E-state index in [1.807, 2.05) is 6.92 Å². The van der Waals surface area contributed by atoms with E-state index in [1.165, 1.54) is 12.3 Å². The van der Waals surface area contributed by atoms with Crippen molar-refractivity contribution in [3.05, 3.63) is 24.2 Å². The fourth-order valence-electron chi connectivity index (χ4n) is 1.45. The van der Waals surface area contributed by atoms with Crippen molar-refractivity contribution in [1.29, 1.82) is 0 Å². The molecule has 0 aliphatic heterocycles. The first kappa shape index (κ1) is 14.1. The zero-order chi connectivity index (χ0) is 14.8. The number of rotatable bonds is 4. The predicted molar refractivity (Wildman–Crippen MR) is 67.8 cm³/mol. The molecule has 2 N–H and O–H groups in total. The number of anilines is 3. The van der Waals surface area contributed by atoms with E-state index < -0.39 is 12.7 Å². The van der Waals surface area contributed by atoms with Crippen molar-refractivity contribution in [2.45, 2.75) is 13.1 Å². The highest BCUT2D eigenvalue weighted by molar-refractivity contribution is 5.56. The Bertz CT molecular complexity index is 592. The van der Waals surface area contributed by atoms with Gasteiger partial charge in [-0.3, -0.25) is 4.68 Å². The van der Waals surface area contributed by atoms with Crippen LogP contribution in [0, 0.1) is 6.92 Å². The maximum Gasteiger partial charge on any atom is 0.405 e. The summed E-state index contributed by atoms with van der Waals surface area (Å²) in [6, 6.07) is 1.37. The van der Waals surface area contributed by atoms with E-state index in [-0.39, 0.29) is 11.8 Å². The van der Waals surface area contributed by atoms with Crippen molar-refractivity contribution in [2.24, 2.45) is 7.05 Å². The number of halogens is 3. The van der Waals surface area contributed by atoms with Crippen molar-refractivity contribution in [2.75, 3.05) is 17.2 Å². The molecule has 108 valence electrons. The zero-order valence-corrected chi connectivity index (χ0v) is 10.9. The quantitative estimate of drug-likeness (QED) is 0.902. The second kappa shape index (κ2) is 5.35. The van der Waals surface area contributed by atoms with Gasteiger partial charge >= 0.3 is 6.18 Å². The Morgan fingerprint density at radius 2 is 2.10 bits per heavy atom. The summed E-state index contributed by atoms with van der Waals surface area (Å²) in [5.41, 5.74) is 1.56. The fourth-order valence-corrected chi connectivity index (χ4v) is 1.45. The molecule has 0 spiro atoms. The van der Waals surface area contributed by atoms with Gasteiger partial charge in [0.15, 0.2) is 0 Å². The number of alkyl halides is 3. The van der Waals surface area contributed by atoms with Crippen molar-refractivity contribution in [3.63, 3.8) is 0 Å². The predicted octanol–water partition coefficient (Wildman–Crippen LogP) is 2.24. The lowest BCUT2D eigenvalue weighted by Gasteiger charge is -2.10. The summed E-state index contributed by atoms with van der Waals surface area (Å²) in [6.45, 7) is 0.705. The largest absolute Gasteiger partial charge is 0.405 e. The average Bonchev–Trinajstić information content (AvgIpc) is 2.68. The molecule has 0 aromatic carbocycles. The van der Waals surface area contributed by atoms with Gasteiger partial charge in [-0.05, 0) is 13.0 Å². The maximum atomic E-state index is 12.1. The molecule has 6 nitrogen and oxygen atoms in total. The van der Waals surface area contributed by atoms with E-state index in [0.29, 0.717) is 5.69 Å². The second-order valence-electron chi connectivity index (χ2n) is 4.13. The zero-order valence-electron chi connectivity index (χ0n) is 10.9. The Morgan fingerprint density at radius 3 is 2.70 bits per heavy atom. The Labute approximate surface area is 113 Å². The molecule has 9 heteroatoms. The minimum absolute atomic E-state index is 0.0985. The normalized spacial score (nSPS) is 11.4. The van der Waals surface area contributed by atoms with Gasteiger partial charge in [0.2, 0.25) is 5.95 Å². The van der Waals surface area contributed by atoms with Gasteiger partial charge < -0.3 is 10.6 Å². The molecule has 0 aliphatic carbocycles. The maximum absolute atomic E-state index is 12.1. The number of aromatic nitrogens is 4. The summed E-state index contributed by atoms with van der Waals surface area (Å²) >= 11 is 0. The van der Waals surface area contributed by atoms with E-state index in [4.69, 9.17) is 0 Å². The van der Waals surface area contributed by atoms with Gasteiger partial charge in [-0.1, -0.05) is 0 Å². The van der Waals surface area contributed by atoms with Crippen LogP contribution < -0.4 is 10.6 Å². The summed E-state index contributed by atoms with van der Waals surface area (Å²) in [4.78, 5) is 7.90. The highest BCUT2D eigenvalue weighted by Crippen LogP contribution is 2.19. The minimum atomic E-state index is -4.29. The van der Waals surface area contributed by atoms with Crippen LogP contribution in [-0.2, 0) is 7.05 Å². The van der Waals surface area contributed by atoms with Crippen LogP contribution in [-0.4, -0.2) is 32.5 Å². The number of aryl methyl sites for hydroxylation is 1. The van der Waals surface area contributed by atoms with Crippen molar-refractivity contribution in [3.8, 4) is 0 Å². The number of nitrogens with one attached hydrogen (secondary N) is 2. The molecule has 0 unspecified atom stereocenters. The van der Waals surface area contributed by atoms with Crippen LogP contribution >= 0.6 is 0 Å². The van der Waals surface area contributed by atoms with Crippen LogP contribution in [0.15, 0.2) is 18.5 Å². The van der Waals surface area contributed by atoms with E-state index in [1.54, 1.807) is 17.9 Å². The van der Waals surface area contributed by atoms with Crippen LogP contribution in [0.5, 0.6) is 0 Å². The van der Waals surface area contributed by atoms with Crippen LogP contribution in [0.2, 0.25) is 0 Å². The highest BCUT2D eigenvalue weighted by Gasteiger charge is 2.26. The summed E-state index contributed by atoms with van der Waals surface area (Å²) in [7, 11) is 1.78. The molecular formula is C11H13F3N6. The molecule has 2 rings (SSSR count). The summed E-state index contributed by atoms with van der Waals surface area (Å²) in [5, 5.41) is 9.14. The Balaban J connectivity index is 2.08. The fraction of sp³-hybridized carbons (Fsp3) is 0.364. The SMILES string of the molecule is Cc1c(Nc2nccc(NCC(F)(F)F)n2)cnn1C. The lowest BCUT2D eigenvalue weighted by Crippen LogP contribution is -2.21. The first-order chi connectivity index (χ1) is 9.35. The molecular weight excluding hydrogens is 273 g/mol. The first-order valence-corrected chi connectivity index (χ1v) is 5.74. The number of hydrogen-bond donors (Lipinski definition) is 2. The monoisotopic (exact) mass is 286 g/mol. The molecule has 2 aromatic rings. The number of hydrogen-bond acceptors (Lipinski definition) is 5. The third-order valence-electron chi connectivity index (χ3n) is 2.61. The van der Waals surface area contributed by atoms with Gasteiger partial charge in [0.05, 0.1) is 17.6 Å². The molecule has 0 fully saturated rings. The van der Waals surface area contributed by atoms with Crippen molar-refractivity contribution in [1.82, 2.24) is 19.7 Å². The van der Waals surface area contributed by atoms with Crippen LogP contribution in [0.3, 0.4) is 0 Å². The standard InChI is InChI=1S/C11H13F3N6/c1-7-8(5-17-20(7)2)18-10-15-4-3-9(19-10)16-6-11(12,13)14/h3-5H,6H2,1-2H3,(H2,15,16,18,19). The molecule has 0 bridgehead atoms. The molecule has 0 radical (unpaired) electrons. The second-order valence-corrected chi connectivity index (χ2v) is 4.13. The number of nitrogens with zero attached hydrogens (tertiary/aromatic N) is 4. The van der Waals surface area contributed by atoms with E-state index in [0.717, 1.165) is 5.69 Å². The van der Waals surface area contributed by atoms with Crippen LogP contribution in [0.4, 0.5) is 30.6 Å². The Kier molecular flexibility index (Phi) is 3.77. The third-order valence-corrected chi connectivity index (χ3v) is 2.61. The van der Waals surface area contributed by atoms with E-state index in [9.17, 15) is 13.2 Å². The topological polar surface area (TPSA) is 67.7 Å². The van der Waals surface area contributed by atoms with E-state index in [2.05, 4.69) is 25.7 Å². The summed E-state index contributed by atoms with van der Waals surface area (Å²) < 4.78 is 38.0. The molecule has 0 aliphatic rings. The van der Waals surface area contributed by atoms with Crippen molar-refractivity contribution < 1.29 is 13.2 Å².